The first-order chi connectivity index (χ1) is 6.29. The Kier molecular flexibility index (Phi) is 2.39. The molecule has 0 unspecified atom stereocenters. The maximum absolute atomic E-state index is 5.52. The van der Waals surface area contributed by atoms with Gasteiger partial charge < -0.3 is 5.73 Å². The van der Waals surface area contributed by atoms with Gasteiger partial charge in [0.2, 0.25) is 0 Å². The maximum Gasteiger partial charge on any atom is 0.148 e. The minimum Gasteiger partial charge on any atom is -0.326 e. The molecular weight excluding hydrogens is 202 g/mol. The van der Waals surface area contributed by atoms with Gasteiger partial charge in [0.05, 0.1) is 0 Å². The van der Waals surface area contributed by atoms with Crippen molar-refractivity contribution < 1.29 is 0 Å². The Bertz CT molecular complexity index is 405. The monoisotopic (exact) mass is 211 g/mol. The molecule has 5 heteroatoms. The molecule has 2 N–H and O–H groups in total. The van der Waals surface area contributed by atoms with Gasteiger partial charge in [0, 0.05) is 22.4 Å². The van der Waals surface area contributed by atoms with Crippen LogP contribution in [0, 0.1) is 6.92 Å². The van der Waals surface area contributed by atoms with Crippen molar-refractivity contribution in [3.05, 3.63) is 21.3 Å². The molecule has 0 aliphatic rings. The van der Waals surface area contributed by atoms with E-state index >= 15 is 0 Å². The molecule has 0 fully saturated rings. The number of nitrogens with zero attached hydrogens (tertiary/aromatic N) is 2. The summed E-state index contributed by atoms with van der Waals surface area (Å²) in [6.45, 7) is 2.56. The Morgan fingerprint density at radius 2 is 2.31 bits per heavy atom. The highest BCUT2D eigenvalue weighted by molar-refractivity contribution is 7.15. The van der Waals surface area contributed by atoms with Crippen LogP contribution in [0.3, 0.4) is 0 Å². The summed E-state index contributed by atoms with van der Waals surface area (Å²) in [7, 11) is 0. The summed E-state index contributed by atoms with van der Waals surface area (Å²) in [5.74, 6) is 0. The number of rotatable bonds is 2. The van der Waals surface area contributed by atoms with Crippen LogP contribution in [-0.4, -0.2) is 10.2 Å². The molecule has 2 aromatic rings. The zero-order chi connectivity index (χ0) is 9.26. The van der Waals surface area contributed by atoms with Gasteiger partial charge in [-0.25, -0.2) is 0 Å². The van der Waals surface area contributed by atoms with Crippen LogP contribution in [0.2, 0.25) is 0 Å². The van der Waals surface area contributed by atoms with Gasteiger partial charge in [-0.05, 0) is 13.0 Å². The first kappa shape index (κ1) is 8.80. The van der Waals surface area contributed by atoms with Gasteiger partial charge in [-0.2, -0.15) is 0 Å². The number of hydrogen-bond acceptors (Lipinski definition) is 5. The zero-order valence-electron chi connectivity index (χ0n) is 7.15. The van der Waals surface area contributed by atoms with E-state index in [1.54, 1.807) is 22.7 Å². The van der Waals surface area contributed by atoms with E-state index in [1.807, 2.05) is 6.92 Å². The van der Waals surface area contributed by atoms with Gasteiger partial charge in [-0.15, -0.1) is 21.5 Å². The third kappa shape index (κ3) is 1.77. The Labute approximate surface area is 84.2 Å². The van der Waals surface area contributed by atoms with Crippen molar-refractivity contribution >= 4 is 22.7 Å². The van der Waals surface area contributed by atoms with Crippen molar-refractivity contribution in [3.63, 3.8) is 0 Å². The molecule has 13 heavy (non-hydrogen) atoms. The molecule has 0 amide bonds. The standard InChI is InChI=1S/C8H9N3S2/c1-5-10-11-8(13-5)6-2-7(3-9)12-4-6/h2,4H,3,9H2,1H3. The fourth-order valence-corrected chi connectivity index (χ4v) is 2.52. The Morgan fingerprint density at radius 3 is 2.85 bits per heavy atom. The van der Waals surface area contributed by atoms with Gasteiger partial charge in [-0.3, -0.25) is 0 Å². The van der Waals surface area contributed by atoms with E-state index < -0.39 is 0 Å². The number of aryl methyl sites for hydroxylation is 1. The Morgan fingerprint density at radius 1 is 1.46 bits per heavy atom. The first-order valence-corrected chi connectivity index (χ1v) is 5.57. The molecule has 68 valence electrons. The lowest BCUT2D eigenvalue weighted by atomic mass is 10.3. The summed E-state index contributed by atoms with van der Waals surface area (Å²) >= 11 is 3.28. The van der Waals surface area contributed by atoms with E-state index in [1.165, 1.54) is 4.88 Å². The third-order valence-corrected chi connectivity index (χ3v) is 3.47. The summed E-state index contributed by atoms with van der Waals surface area (Å²) in [6.07, 6.45) is 0. The number of aromatic nitrogens is 2. The third-order valence-electron chi connectivity index (χ3n) is 1.63. The minimum atomic E-state index is 0.600. The predicted molar refractivity (Wildman–Crippen MR) is 55.9 cm³/mol. The van der Waals surface area contributed by atoms with Crippen molar-refractivity contribution in [1.82, 2.24) is 10.2 Å². The van der Waals surface area contributed by atoms with Gasteiger partial charge in [0.15, 0.2) is 0 Å². The quantitative estimate of drug-likeness (QED) is 0.827. The van der Waals surface area contributed by atoms with E-state index in [2.05, 4.69) is 21.6 Å². The van der Waals surface area contributed by atoms with Crippen molar-refractivity contribution in [1.29, 1.82) is 0 Å². The zero-order valence-corrected chi connectivity index (χ0v) is 8.78. The first-order valence-electron chi connectivity index (χ1n) is 3.87. The second kappa shape index (κ2) is 3.53. The number of hydrogen-bond donors (Lipinski definition) is 1. The van der Waals surface area contributed by atoms with E-state index in [0.29, 0.717) is 6.54 Å². The largest absolute Gasteiger partial charge is 0.326 e. The molecule has 0 aliphatic carbocycles. The Balaban J connectivity index is 2.35. The predicted octanol–water partition coefficient (Wildman–Crippen LogP) is 2.03. The van der Waals surface area contributed by atoms with Crippen LogP contribution in [0.1, 0.15) is 9.88 Å². The van der Waals surface area contributed by atoms with Crippen molar-refractivity contribution in [2.75, 3.05) is 0 Å². The summed E-state index contributed by atoms with van der Waals surface area (Å²) in [5.41, 5.74) is 6.66. The smallest absolute Gasteiger partial charge is 0.148 e. The second-order valence-electron chi connectivity index (χ2n) is 2.63. The molecular formula is C8H9N3S2. The van der Waals surface area contributed by atoms with E-state index in [9.17, 15) is 0 Å². The van der Waals surface area contributed by atoms with Crippen LogP contribution in [-0.2, 0) is 6.54 Å². The van der Waals surface area contributed by atoms with Crippen LogP contribution in [0.4, 0.5) is 0 Å². The molecule has 0 spiro atoms. The van der Waals surface area contributed by atoms with Crippen LogP contribution in [0.25, 0.3) is 10.6 Å². The van der Waals surface area contributed by atoms with E-state index in [-0.39, 0.29) is 0 Å². The lowest BCUT2D eigenvalue weighted by Gasteiger charge is -1.85. The number of thiophene rings is 1. The number of nitrogens with two attached hydrogens (primary N) is 1. The van der Waals surface area contributed by atoms with Gasteiger partial charge >= 0.3 is 0 Å². The average molecular weight is 211 g/mol. The van der Waals surface area contributed by atoms with Crippen LogP contribution >= 0.6 is 22.7 Å². The fourth-order valence-electron chi connectivity index (χ4n) is 1.01. The minimum absolute atomic E-state index is 0.600. The second-order valence-corrected chi connectivity index (χ2v) is 4.81. The molecule has 0 bridgehead atoms. The van der Waals surface area contributed by atoms with Crippen molar-refractivity contribution in [2.24, 2.45) is 5.73 Å². The lowest BCUT2D eigenvalue weighted by Crippen LogP contribution is -1.91. The van der Waals surface area contributed by atoms with Gasteiger partial charge in [0.25, 0.3) is 0 Å². The molecule has 2 heterocycles. The van der Waals surface area contributed by atoms with E-state index in [4.69, 9.17) is 5.73 Å². The highest BCUT2D eigenvalue weighted by Crippen LogP contribution is 2.27. The average Bonchev–Trinajstić information content (AvgIpc) is 2.71. The topological polar surface area (TPSA) is 51.8 Å². The molecule has 0 atom stereocenters. The summed E-state index contributed by atoms with van der Waals surface area (Å²) < 4.78 is 0. The molecule has 0 saturated carbocycles. The van der Waals surface area contributed by atoms with Crippen LogP contribution in [0.5, 0.6) is 0 Å². The normalized spacial score (nSPS) is 10.6. The summed E-state index contributed by atoms with van der Waals surface area (Å²) in [6, 6.07) is 2.07. The highest BCUT2D eigenvalue weighted by atomic mass is 32.1. The Hall–Kier alpha value is -0.780. The molecule has 0 aliphatic heterocycles. The molecule has 0 aromatic carbocycles. The SMILES string of the molecule is Cc1nnc(-c2csc(CN)c2)s1. The van der Waals surface area contributed by atoms with Gasteiger partial charge in [0.1, 0.15) is 10.0 Å². The van der Waals surface area contributed by atoms with E-state index in [0.717, 1.165) is 15.6 Å². The lowest BCUT2D eigenvalue weighted by molar-refractivity contribution is 1.05. The molecule has 2 rings (SSSR count). The van der Waals surface area contributed by atoms with Gasteiger partial charge in [-0.1, -0.05) is 11.3 Å². The molecule has 0 radical (unpaired) electrons. The highest BCUT2D eigenvalue weighted by Gasteiger charge is 2.05. The van der Waals surface area contributed by atoms with Crippen LogP contribution in [0.15, 0.2) is 11.4 Å². The van der Waals surface area contributed by atoms with Crippen molar-refractivity contribution in [3.8, 4) is 10.6 Å². The molecule has 0 saturated heterocycles. The summed E-state index contributed by atoms with van der Waals surface area (Å²) in [4.78, 5) is 1.18. The summed E-state index contributed by atoms with van der Waals surface area (Å²) in [5, 5.41) is 12.1. The molecule has 3 nitrogen and oxygen atoms in total. The van der Waals surface area contributed by atoms with Crippen LogP contribution < -0.4 is 5.73 Å². The molecule has 2 aromatic heterocycles. The fraction of sp³-hybridized carbons (Fsp3) is 0.250. The maximum atomic E-state index is 5.52. The van der Waals surface area contributed by atoms with Crippen molar-refractivity contribution in [2.45, 2.75) is 13.5 Å².